The lowest BCUT2D eigenvalue weighted by molar-refractivity contribution is 1.30. The van der Waals surface area contributed by atoms with Crippen LogP contribution >= 0.6 is 34.9 Å². The summed E-state index contributed by atoms with van der Waals surface area (Å²) in [4.78, 5) is 4.64. The molecule has 1 aromatic heterocycles. The molecule has 0 aliphatic heterocycles. The van der Waals surface area contributed by atoms with Gasteiger partial charge < -0.3 is 0 Å². The monoisotopic (exact) mass is 317 g/mol. The minimum absolute atomic E-state index is 1.10. The van der Waals surface area contributed by atoms with E-state index in [0.29, 0.717) is 0 Å². The highest BCUT2D eigenvalue weighted by Crippen LogP contribution is 2.29. The highest BCUT2D eigenvalue weighted by atomic mass is 32.2. The summed E-state index contributed by atoms with van der Waals surface area (Å²) in [7, 11) is 0. The van der Waals surface area contributed by atoms with E-state index in [0.717, 1.165) is 22.8 Å². The van der Waals surface area contributed by atoms with Crippen LogP contribution in [0.25, 0.3) is 10.2 Å². The van der Waals surface area contributed by atoms with E-state index >= 15 is 0 Å². The lowest BCUT2D eigenvalue weighted by atomic mass is 10.2. The fraction of sp³-hybridized carbons (Fsp3) is 0.188. The number of nitrogens with zero attached hydrogens (tertiary/aromatic N) is 1. The lowest BCUT2D eigenvalue weighted by Crippen LogP contribution is -1.86. The van der Waals surface area contributed by atoms with Crippen LogP contribution in [0.2, 0.25) is 0 Å². The second-order valence-corrected chi connectivity index (χ2v) is 7.81. The molecule has 0 atom stereocenters. The minimum atomic E-state index is 1.10. The van der Waals surface area contributed by atoms with Crippen molar-refractivity contribution in [3.05, 3.63) is 60.2 Å². The zero-order valence-corrected chi connectivity index (χ0v) is 13.4. The number of thiazole rings is 1. The molecule has 20 heavy (non-hydrogen) atoms. The van der Waals surface area contributed by atoms with E-state index in [-0.39, 0.29) is 0 Å². The van der Waals surface area contributed by atoms with Crippen molar-refractivity contribution in [2.45, 2.75) is 10.1 Å². The summed E-state index contributed by atoms with van der Waals surface area (Å²) in [5, 5.41) is 0. The lowest BCUT2D eigenvalue weighted by Gasteiger charge is -2.00. The van der Waals surface area contributed by atoms with E-state index in [9.17, 15) is 0 Å². The van der Waals surface area contributed by atoms with Gasteiger partial charge in [-0.2, -0.15) is 11.8 Å². The molecule has 0 aliphatic carbocycles. The van der Waals surface area contributed by atoms with E-state index in [1.54, 1.807) is 11.3 Å². The maximum Gasteiger partial charge on any atom is 0.151 e. The highest BCUT2D eigenvalue weighted by Gasteiger charge is 2.03. The molecule has 2 aromatic carbocycles. The number of hydrogen-bond donors (Lipinski definition) is 0. The van der Waals surface area contributed by atoms with Crippen molar-refractivity contribution in [1.82, 2.24) is 4.98 Å². The molecule has 0 saturated heterocycles. The third-order valence-electron chi connectivity index (χ3n) is 2.84. The normalized spacial score (nSPS) is 11.0. The first-order valence-electron chi connectivity index (χ1n) is 6.52. The molecule has 0 amide bonds. The number of aromatic nitrogens is 1. The molecule has 3 aromatic rings. The van der Waals surface area contributed by atoms with Gasteiger partial charge in [-0.25, -0.2) is 4.98 Å². The third kappa shape index (κ3) is 3.78. The summed E-state index contributed by atoms with van der Waals surface area (Å²) < 4.78 is 2.47. The first-order valence-corrected chi connectivity index (χ1v) is 9.47. The van der Waals surface area contributed by atoms with Gasteiger partial charge in [-0.05, 0) is 17.7 Å². The highest BCUT2D eigenvalue weighted by molar-refractivity contribution is 8.03. The molecule has 4 heteroatoms. The van der Waals surface area contributed by atoms with Gasteiger partial charge in [0.25, 0.3) is 0 Å². The largest absolute Gasteiger partial charge is 0.230 e. The van der Waals surface area contributed by atoms with Crippen LogP contribution < -0.4 is 0 Å². The number of fused-ring (bicyclic) bond motifs is 1. The second-order valence-electron chi connectivity index (χ2n) is 4.33. The van der Waals surface area contributed by atoms with Gasteiger partial charge in [-0.1, -0.05) is 54.2 Å². The van der Waals surface area contributed by atoms with E-state index in [1.165, 1.54) is 14.6 Å². The van der Waals surface area contributed by atoms with Crippen molar-refractivity contribution >= 4 is 45.1 Å². The van der Waals surface area contributed by atoms with Crippen molar-refractivity contribution in [1.29, 1.82) is 0 Å². The number of rotatable bonds is 6. The van der Waals surface area contributed by atoms with E-state index in [2.05, 4.69) is 53.5 Å². The summed E-state index contributed by atoms with van der Waals surface area (Å²) in [6.07, 6.45) is 0. The summed E-state index contributed by atoms with van der Waals surface area (Å²) in [6.45, 7) is 0. The number of thioether (sulfide) groups is 2. The molecule has 0 unspecified atom stereocenters. The number of benzene rings is 2. The Morgan fingerprint density at radius 2 is 1.70 bits per heavy atom. The van der Waals surface area contributed by atoms with Gasteiger partial charge in [0.15, 0.2) is 4.34 Å². The van der Waals surface area contributed by atoms with E-state index in [1.807, 2.05) is 29.6 Å². The Balaban J connectivity index is 1.43. The number of para-hydroxylation sites is 1. The first-order chi connectivity index (χ1) is 9.92. The van der Waals surface area contributed by atoms with Gasteiger partial charge in [0.1, 0.15) is 0 Å². The van der Waals surface area contributed by atoms with Crippen molar-refractivity contribution in [2.75, 3.05) is 11.5 Å². The zero-order chi connectivity index (χ0) is 13.6. The topological polar surface area (TPSA) is 12.9 Å². The van der Waals surface area contributed by atoms with E-state index in [4.69, 9.17) is 0 Å². The molecule has 0 spiro atoms. The Labute approximate surface area is 131 Å². The molecule has 3 rings (SSSR count). The molecular weight excluding hydrogens is 302 g/mol. The van der Waals surface area contributed by atoms with Gasteiger partial charge in [0.05, 0.1) is 10.2 Å². The van der Waals surface area contributed by atoms with Crippen LogP contribution in [0.4, 0.5) is 0 Å². The predicted octanol–water partition coefficient (Wildman–Crippen LogP) is 5.32. The van der Waals surface area contributed by atoms with E-state index < -0.39 is 0 Å². The molecule has 0 radical (unpaired) electrons. The Morgan fingerprint density at radius 3 is 2.55 bits per heavy atom. The van der Waals surface area contributed by atoms with Crippen LogP contribution in [0, 0.1) is 0 Å². The van der Waals surface area contributed by atoms with Crippen LogP contribution in [-0.2, 0) is 5.75 Å². The maximum absolute atomic E-state index is 4.64. The van der Waals surface area contributed by atoms with Crippen molar-refractivity contribution in [2.24, 2.45) is 0 Å². The third-order valence-corrected chi connectivity index (χ3v) is 6.31. The smallest absolute Gasteiger partial charge is 0.151 e. The van der Waals surface area contributed by atoms with Crippen LogP contribution in [0.5, 0.6) is 0 Å². The quantitative estimate of drug-likeness (QED) is 0.451. The molecule has 0 saturated carbocycles. The Morgan fingerprint density at radius 1 is 0.900 bits per heavy atom. The van der Waals surface area contributed by atoms with Crippen LogP contribution in [0.3, 0.4) is 0 Å². The fourth-order valence-corrected chi connectivity index (χ4v) is 5.03. The molecule has 1 heterocycles. The maximum atomic E-state index is 4.64. The average Bonchev–Trinajstić information content (AvgIpc) is 2.90. The predicted molar refractivity (Wildman–Crippen MR) is 92.9 cm³/mol. The van der Waals surface area contributed by atoms with Gasteiger partial charge in [-0.3, -0.25) is 0 Å². The van der Waals surface area contributed by atoms with Gasteiger partial charge in [0.2, 0.25) is 0 Å². The summed E-state index contributed by atoms with van der Waals surface area (Å²) in [5.74, 6) is 3.38. The SMILES string of the molecule is c1ccc(CSCCSc2nc3ccccc3s2)cc1. The molecule has 0 bridgehead atoms. The summed E-state index contributed by atoms with van der Waals surface area (Å²) in [5.41, 5.74) is 2.53. The van der Waals surface area contributed by atoms with Gasteiger partial charge in [0, 0.05) is 17.3 Å². The minimum Gasteiger partial charge on any atom is -0.230 e. The van der Waals surface area contributed by atoms with Crippen molar-refractivity contribution < 1.29 is 0 Å². The Bertz CT molecular complexity index is 631. The standard InChI is InChI=1S/C16H15NS3/c1-2-6-13(7-3-1)12-18-10-11-19-16-17-14-8-4-5-9-15(14)20-16/h1-9H,10-12H2. The molecule has 102 valence electrons. The second kappa shape index (κ2) is 7.16. The van der Waals surface area contributed by atoms with Crippen LogP contribution in [-0.4, -0.2) is 16.5 Å². The number of hydrogen-bond acceptors (Lipinski definition) is 4. The zero-order valence-electron chi connectivity index (χ0n) is 11.0. The first kappa shape index (κ1) is 14.0. The molecular formula is C16H15NS3. The average molecular weight is 318 g/mol. The van der Waals surface area contributed by atoms with Crippen molar-refractivity contribution in [3.63, 3.8) is 0 Å². The molecule has 0 fully saturated rings. The van der Waals surface area contributed by atoms with Gasteiger partial charge in [-0.15, -0.1) is 11.3 Å². The van der Waals surface area contributed by atoms with Gasteiger partial charge >= 0.3 is 0 Å². The van der Waals surface area contributed by atoms with Crippen molar-refractivity contribution in [3.8, 4) is 0 Å². The molecule has 0 N–H and O–H groups in total. The van der Waals surface area contributed by atoms with Crippen LogP contribution in [0.15, 0.2) is 58.9 Å². The summed E-state index contributed by atoms with van der Waals surface area (Å²) >= 11 is 5.65. The molecule has 1 nitrogen and oxygen atoms in total. The summed E-state index contributed by atoms with van der Waals surface area (Å²) in [6, 6.07) is 19.0. The Hall–Kier alpha value is -0.970. The Kier molecular flexibility index (Phi) is 5.01. The molecule has 0 aliphatic rings. The fourth-order valence-electron chi connectivity index (χ4n) is 1.86. The van der Waals surface area contributed by atoms with Crippen LogP contribution in [0.1, 0.15) is 5.56 Å².